The number of rotatable bonds is 5. The van der Waals surface area contributed by atoms with Crippen molar-refractivity contribution in [2.45, 2.75) is 25.5 Å². The molecule has 0 aliphatic rings. The highest BCUT2D eigenvalue weighted by Gasteiger charge is 2.12. The summed E-state index contributed by atoms with van der Waals surface area (Å²) < 4.78 is 1.73. The third-order valence-electron chi connectivity index (χ3n) is 2.76. The number of hydrogen-bond acceptors (Lipinski definition) is 3. The molecule has 0 aliphatic carbocycles. The second-order valence-electron chi connectivity index (χ2n) is 4.97. The quantitative estimate of drug-likeness (QED) is 0.476. The van der Waals surface area contributed by atoms with Crippen LogP contribution in [0.4, 0.5) is 0 Å². The summed E-state index contributed by atoms with van der Waals surface area (Å²) in [6.45, 7) is 8.52. The molecule has 0 amide bonds. The van der Waals surface area contributed by atoms with E-state index in [4.69, 9.17) is 11.6 Å². The van der Waals surface area contributed by atoms with Crippen LogP contribution in [0.3, 0.4) is 0 Å². The van der Waals surface area contributed by atoms with E-state index in [0.29, 0.717) is 28.4 Å². The Morgan fingerprint density at radius 2 is 2.25 bits per heavy atom. The number of halogens is 1. The molecule has 0 N–H and O–H groups in total. The van der Waals surface area contributed by atoms with E-state index in [9.17, 15) is 4.79 Å². The summed E-state index contributed by atoms with van der Waals surface area (Å²) in [6, 6.07) is 5.23. The Bertz CT molecular complexity index is 694. The molecule has 20 heavy (non-hydrogen) atoms. The number of hydrogen-bond donors (Lipinski definition) is 0. The maximum atomic E-state index is 12.6. The van der Waals surface area contributed by atoms with Gasteiger partial charge in [0.25, 0.3) is 5.56 Å². The highest BCUT2D eigenvalue weighted by molar-refractivity contribution is 7.99. The average Bonchev–Trinajstić information content (AvgIpc) is 2.40. The van der Waals surface area contributed by atoms with E-state index < -0.39 is 0 Å². The van der Waals surface area contributed by atoms with Crippen LogP contribution in [-0.2, 0) is 6.54 Å². The molecule has 0 aliphatic heterocycles. The molecule has 1 heterocycles. The van der Waals surface area contributed by atoms with Crippen molar-refractivity contribution in [2.24, 2.45) is 5.92 Å². The fourth-order valence-corrected chi connectivity index (χ4v) is 2.86. The monoisotopic (exact) mass is 308 g/mol. The van der Waals surface area contributed by atoms with Crippen LogP contribution < -0.4 is 5.56 Å². The van der Waals surface area contributed by atoms with Crippen molar-refractivity contribution in [1.82, 2.24) is 9.55 Å². The molecule has 0 saturated heterocycles. The summed E-state index contributed by atoms with van der Waals surface area (Å²) >= 11 is 7.50. The van der Waals surface area contributed by atoms with Gasteiger partial charge in [-0.3, -0.25) is 9.36 Å². The molecule has 2 aromatic rings. The smallest absolute Gasteiger partial charge is 0.262 e. The Labute approximate surface area is 127 Å². The van der Waals surface area contributed by atoms with E-state index in [-0.39, 0.29) is 5.56 Å². The van der Waals surface area contributed by atoms with E-state index in [0.717, 1.165) is 10.9 Å². The number of fused-ring (bicyclic) bond motifs is 1. The zero-order valence-corrected chi connectivity index (χ0v) is 13.2. The second kappa shape index (κ2) is 6.46. The molecule has 0 atom stereocenters. The van der Waals surface area contributed by atoms with Gasteiger partial charge in [0.15, 0.2) is 5.16 Å². The Kier molecular flexibility index (Phi) is 4.89. The minimum absolute atomic E-state index is 0.0298. The van der Waals surface area contributed by atoms with Gasteiger partial charge in [-0.2, -0.15) is 0 Å². The van der Waals surface area contributed by atoms with Crippen LogP contribution in [0.15, 0.2) is 40.8 Å². The van der Waals surface area contributed by atoms with Gasteiger partial charge in [0.2, 0.25) is 0 Å². The Balaban J connectivity index is 2.65. The molecule has 0 fully saturated rings. The summed E-state index contributed by atoms with van der Waals surface area (Å²) in [7, 11) is 0. The molecule has 0 bridgehead atoms. The minimum atomic E-state index is -0.0298. The Hall–Kier alpha value is -1.26. The number of aromatic nitrogens is 2. The van der Waals surface area contributed by atoms with E-state index in [1.807, 2.05) is 6.08 Å². The third-order valence-corrected chi connectivity index (χ3v) is 3.97. The molecule has 3 nitrogen and oxygen atoms in total. The lowest BCUT2D eigenvalue weighted by Crippen LogP contribution is -2.25. The molecule has 0 radical (unpaired) electrons. The topological polar surface area (TPSA) is 34.9 Å². The van der Waals surface area contributed by atoms with E-state index in [1.54, 1.807) is 22.8 Å². The summed E-state index contributed by atoms with van der Waals surface area (Å²) in [5.41, 5.74) is 0.656. The summed E-state index contributed by atoms with van der Waals surface area (Å²) in [4.78, 5) is 17.2. The first kappa shape index (κ1) is 15.1. The molecule has 2 rings (SSSR count). The highest BCUT2D eigenvalue weighted by Crippen LogP contribution is 2.21. The Morgan fingerprint density at radius 3 is 2.90 bits per heavy atom. The first-order chi connectivity index (χ1) is 9.52. The van der Waals surface area contributed by atoms with Crippen molar-refractivity contribution in [3.05, 3.63) is 46.2 Å². The van der Waals surface area contributed by atoms with Crippen LogP contribution in [0.25, 0.3) is 10.9 Å². The van der Waals surface area contributed by atoms with Crippen LogP contribution in [0.1, 0.15) is 13.8 Å². The molecule has 1 aromatic heterocycles. The van der Waals surface area contributed by atoms with Crippen LogP contribution in [-0.4, -0.2) is 15.3 Å². The zero-order chi connectivity index (χ0) is 14.7. The zero-order valence-electron chi connectivity index (χ0n) is 11.6. The van der Waals surface area contributed by atoms with Crippen molar-refractivity contribution in [1.29, 1.82) is 0 Å². The molecule has 5 heteroatoms. The van der Waals surface area contributed by atoms with Crippen LogP contribution >= 0.6 is 23.4 Å². The Morgan fingerprint density at radius 1 is 1.50 bits per heavy atom. The first-order valence-corrected chi connectivity index (χ1v) is 7.83. The fourth-order valence-electron chi connectivity index (χ4n) is 1.94. The average molecular weight is 309 g/mol. The van der Waals surface area contributed by atoms with Crippen molar-refractivity contribution < 1.29 is 0 Å². The van der Waals surface area contributed by atoms with Gasteiger partial charge in [-0.1, -0.05) is 43.3 Å². The van der Waals surface area contributed by atoms with Gasteiger partial charge < -0.3 is 0 Å². The molecular weight excluding hydrogens is 292 g/mol. The van der Waals surface area contributed by atoms with E-state index in [1.165, 1.54) is 11.8 Å². The lowest BCUT2D eigenvalue weighted by atomic mass is 10.2. The van der Waals surface area contributed by atoms with E-state index in [2.05, 4.69) is 25.4 Å². The summed E-state index contributed by atoms with van der Waals surface area (Å²) in [5.74, 6) is 1.10. The molecule has 106 valence electrons. The van der Waals surface area contributed by atoms with Gasteiger partial charge in [0.05, 0.1) is 10.9 Å². The molecule has 0 spiro atoms. The van der Waals surface area contributed by atoms with Crippen LogP contribution in [0, 0.1) is 5.92 Å². The standard InChI is InChI=1S/C15H17ClN2OS/c1-4-7-20-15-17-13-6-5-11(16)8-12(13)14(19)18(15)9-10(2)3/h4-6,8,10H,1,7,9H2,2-3H3. The predicted octanol–water partition coefficient (Wildman–Crippen LogP) is 3.98. The third kappa shape index (κ3) is 3.25. The second-order valence-corrected chi connectivity index (χ2v) is 6.39. The molecular formula is C15H17ClN2OS. The van der Waals surface area contributed by atoms with Gasteiger partial charge in [0, 0.05) is 17.3 Å². The SMILES string of the molecule is C=CCSc1nc2ccc(Cl)cc2c(=O)n1CC(C)C. The summed E-state index contributed by atoms with van der Waals surface area (Å²) in [5, 5.41) is 1.86. The number of thioether (sulfide) groups is 1. The maximum absolute atomic E-state index is 12.6. The number of nitrogens with zero attached hydrogens (tertiary/aromatic N) is 2. The van der Waals surface area contributed by atoms with Crippen molar-refractivity contribution >= 4 is 34.3 Å². The highest BCUT2D eigenvalue weighted by atomic mass is 35.5. The lowest BCUT2D eigenvalue weighted by Gasteiger charge is -2.14. The summed E-state index contributed by atoms with van der Waals surface area (Å²) in [6.07, 6.45) is 1.81. The van der Waals surface area contributed by atoms with Gasteiger partial charge in [-0.15, -0.1) is 6.58 Å². The molecule has 0 unspecified atom stereocenters. The van der Waals surface area contributed by atoms with Gasteiger partial charge in [-0.05, 0) is 24.1 Å². The van der Waals surface area contributed by atoms with Gasteiger partial charge in [-0.25, -0.2) is 4.98 Å². The molecule has 1 aromatic carbocycles. The first-order valence-electron chi connectivity index (χ1n) is 6.46. The molecule has 0 saturated carbocycles. The van der Waals surface area contributed by atoms with Gasteiger partial charge >= 0.3 is 0 Å². The largest absolute Gasteiger partial charge is 0.287 e. The van der Waals surface area contributed by atoms with Crippen molar-refractivity contribution in [3.8, 4) is 0 Å². The fraction of sp³-hybridized carbons (Fsp3) is 0.333. The van der Waals surface area contributed by atoms with Gasteiger partial charge in [0.1, 0.15) is 0 Å². The minimum Gasteiger partial charge on any atom is -0.287 e. The number of benzene rings is 1. The van der Waals surface area contributed by atoms with Crippen LogP contribution in [0.5, 0.6) is 0 Å². The van der Waals surface area contributed by atoms with E-state index >= 15 is 0 Å². The van der Waals surface area contributed by atoms with Crippen LogP contribution in [0.2, 0.25) is 5.02 Å². The van der Waals surface area contributed by atoms with Crippen molar-refractivity contribution in [2.75, 3.05) is 5.75 Å². The normalized spacial score (nSPS) is 11.2. The predicted molar refractivity (Wildman–Crippen MR) is 86.8 cm³/mol. The van der Waals surface area contributed by atoms with Crippen molar-refractivity contribution in [3.63, 3.8) is 0 Å². The maximum Gasteiger partial charge on any atom is 0.262 e. The lowest BCUT2D eigenvalue weighted by molar-refractivity contribution is 0.475.